The summed E-state index contributed by atoms with van der Waals surface area (Å²) < 4.78 is 5.48. The predicted molar refractivity (Wildman–Crippen MR) is 122 cm³/mol. The second kappa shape index (κ2) is 8.67. The van der Waals surface area contributed by atoms with E-state index in [0.29, 0.717) is 28.3 Å². The van der Waals surface area contributed by atoms with Gasteiger partial charge in [0.1, 0.15) is 5.58 Å². The van der Waals surface area contributed by atoms with E-state index in [1.807, 2.05) is 53.4 Å². The van der Waals surface area contributed by atoms with Gasteiger partial charge < -0.3 is 14.2 Å². The van der Waals surface area contributed by atoms with Crippen LogP contribution in [0, 0.1) is 0 Å². The molecule has 0 N–H and O–H groups in total. The van der Waals surface area contributed by atoms with Crippen LogP contribution in [0.2, 0.25) is 0 Å². The maximum absolute atomic E-state index is 13.2. The van der Waals surface area contributed by atoms with Gasteiger partial charge in [0.15, 0.2) is 0 Å². The molecule has 0 aliphatic carbocycles. The third-order valence-electron chi connectivity index (χ3n) is 6.72. The fraction of sp³-hybridized carbons (Fsp3) is 0.385. The molecule has 5 rings (SSSR count). The minimum absolute atomic E-state index is 0.0455. The standard InChI is InChI=1S/C26H28N2O3/c29-25(28-15-11-22(12-16-28)27-13-4-1-5-14-27)21-9-6-8-19(17-21)23-18-20-7-2-3-10-24(20)31-26(23)30/h2-3,6-10,17-18,22H,1,4-5,11-16H2. The van der Waals surface area contributed by atoms with Gasteiger partial charge in [0.2, 0.25) is 0 Å². The first-order valence-electron chi connectivity index (χ1n) is 11.4. The summed E-state index contributed by atoms with van der Waals surface area (Å²) in [5, 5.41) is 0.869. The van der Waals surface area contributed by atoms with Crippen LogP contribution in [0.15, 0.2) is 63.8 Å². The molecule has 2 fully saturated rings. The van der Waals surface area contributed by atoms with Gasteiger partial charge in [-0.3, -0.25) is 4.79 Å². The molecule has 0 saturated carbocycles. The van der Waals surface area contributed by atoms with Crippen molar-refractivity contribution in [2.75, 3.05) is 26.2 Å². The quantitative estimate of drug-likeness (QED) is 0.588. The van der Waals surface area contributed by atoms with E-state index in [-0.39, 0.29) is 11.5 Å². The Morgan fingerprint density at radius 1 is 0.871 bits per heavy atom. The molecule has 0 spiro atoms. The second-order valence-corrected chi connectivity index (χ2v) is 8.69. The zero-order valence-electron chi connectivity index (χ0n) is 17.8. The Morgan fingerprint density at radius 3 is 2.45 bits per heavy atom. The Balaban J connectivity index is 1.33. The van der Waals surface area contributed by atoms with Crippen molar-refractivity contribution in [3.63, 3.8) is 0 Å². The number of rotatable bonds is 3. The lowest BCUT2D eigenvalue weighted by Gasteiger charge is -2.40. The summed E-state index contributed by atoms with van der Waals surface area (Å²) in [6.45, 7) is 3.99. The Kier molecular flexibility index (Phi) is 5.60. The van der Waals surface area contributed by atoms with Crippen molar-refractivity contribution in [1.82, 2.24) is 9.80 Å². The van der Waals surface area contributed by atoms with Crippen molar-refractivity contribution >= 4 is 16.9 Å². The molecule has 0 atom stereocenters. The molecule has 3 aromatic rings. The fourth-order valence-electron chi connectivity index (χ4n) is 4.98. The number of piperidine rings is 2. The summed E-state index contributed by atoms with van der Waals surface area (Å²) in [5.41, 5.74) is 2.01. The van der Waals surface area contributed by atoms with Crippen LogP contribution in [-0.2, 0) is 0 Å². The summed E-state index contributed by atoms with van der Waals surface area (Å²) in [6.07, 6.45) is 6.03. The maximum Gasteiger partial charge on any atom is 0.344 e. The smallest absolute Gasteiger partial charge is 0.344 e. The average molecular weight is 417 g/mol. The van der Waals surface area contributed by atoms with Crippen LogP contribution < -0.4 is 5.63 Å². The van der Waals surface area contributed by atoms with Crippen LogP contribution in [0.1, 0.15) is 42.5 Å². The minimum atomic E-state index is -0.384. The van der Waals surface area contributed by atoms with Gasteiger partial charge in [-0.25, -0.2) is 4.79 Å². The zero-order valence-corrected chi connectivity index (χ0v) is 17.8. The SMILES string of the molecule is O=C(c1cccc(-c2cc3ccccc3oc2=O)c1)N1CCC(N2CCCCC2)CC1. The van der Waals surface area contributed by atoms with Crippen molar-refractivity contribution in [2.45, 2.75) is 38.1 Å². The van der Waals surface area contributed by atoms with Crippen LogP contribution >= 0.6 is 0 Å². The molecule has 160 valence electrons. The number of hydrogen-bond acceptors (Lipinski definition) is 4. The van der Waals surface area contributed by atoms with Gasteiger partial charge in [0, 0.05) is 30.1 Å². The van der Waals surface area contributed by atoms with Crippen molar-refractivity contribution in [3.05, 3.63) is 70.6 Å². The molecule has 1 aromatic heterocycles. The highest BCUT2D eigenvalue weighted by atomic mass is 16.4. The number of likely N-dealkylation sites (tertiary alicyclic amines) is 2. The summed E-state index contributed by atoms with van der Waals surface area (Å²) in [6, 6.07) is 17.3. The zero-order chi connectivity index (χ0) is 21.2. The van der Waals surface area contributed by atoms with Gasteiger partial charge in [-0.1, -0.05) is 36.8 Å². The van der Waals surface area contributed by atoms with Crippen molar-refractivity contribution in [2.24, 2.45) is 0 Å². The number of carbonyl (C=O) groups excluding carboxylic acids is 1. The number of hydrogen-bond donors (Lipinski definition) is 0. The molecule has 2 aliphatic rings. The van der Waals surface area contributed by atoms with E-state index in [1.165, 1.54) is 32.4 Å². The molecule has 5 heteroatoms. The molecule has 2 saturated heterocycles. The van der Waals surface area contributed by atoms with E-state index in [0.717, 1.165) is 31.3 Å². The van der Waals surface area contributed by atoms with Gasteiger partial charge in [-0.05, 0) is 68.6 Å². The average Bonchev–Trinajstić information content (AvgIpc) is 2.84. The van der Waals surface area contributed by atoms with Crippen molar-refractivity contribution < 1.29 is 9.21 Å². The molecule has 1 amide bonds. The van der Waals surface area contributed by atoms with E-state index in [9.17, 15) is 9.59 Å². The van der Waals surface area contributed by atoms with Gasteiger partial charge in [0.05, 0.1) is 5.56 Å². The van der Waals surface area contributed by atoms with E-state index in [2.05, 4.69) is 4.90 Å². The first-order chi connectivity index (χ1) is 15.2. The third kappa shape index (κ3) is 4.15. The fourth-order valence-corrected chi connectivity index (χ4v) is 4.98. The number of carbonyl (C=O) groups is 1. The first kappa shape index (κ1) is 20.0. The summed E-state index contributed by atoms with van der Waals surface area (Å²) in [7, 11) is 0. The lowest BCUT2D eigenvalue weighted by atomic mass is 9.98. The highest BCUT2D eigenvalue weighted by Gasteiger charge is 2.28. The highest BCUT2D eigenvalue weighted by Crippen LogP contribution is 2.25. The van der Waals surface area contributed by atoms with Crippen LogP contribution in [0.5, 0.6) is 0 Å². The summed E-state index contributed by atoms with van der Waals surface area (Å²) in [5.74, 6) is 0.0455. The summed E-state index contributed by atoms with van der Waals surface area (Å²) >= 11 is 0. The van der Waals surface area contributed by atoms with Crippen LogP contribution in [0.25, 0.3) is 22.1 Å². The number of nitrogens with zero attached hydrogens (tertiary/aromatic N) is 2. The van der Waals surface area contributed by atoms with E-state index in [4.69, 9.17) is 4.42 Å². The number of benzene rings is 2. The molecule has 0 unspecified atom stereocenters. The molecular weight excluding hydrogens is 388 g/mol. The number of fused-ring (bicyclic) bond motifs is 1. The van der Waals surface area contributed by atoms with Gasteiger partial charge in [-0.15, -0.1) is 0 Å². The lowest BCUT2D eigenvalue weighted by Crippen LogP contribution is -2.48. The Hall–Kier alpha value is -2.92. The molecule has 0 radical (unpaired) electrons. The molecule has 3 heterocycles. The molecule has 2 aliphatic heterocycles. The molecular formula is C26H28N2O3. The van der Waals surface area contributed by atoms with E-state index < -0.39 is 0 Å². The van der Waals surface area contributed by atoms with Gasteiger partial charge in [-0.2, -0.15) is 0 Å². The monoisotopic (exact) mass is 416 g/mol. The number of para-hydroxylation sites is 1. The largest absolute Gasteiger partial charge is 0.422 e. The molecule has 2 aromatic carbocycles. The first-order valence-corrected chi connectivity index (χ1v) is 11.4. The molecule has 31 heavy (non-hydrogen) atoms. The van der Waals surface area contributed by atoms with Gasteiger partial charge >= 0.3 is 5.63 Å². The number of amides is 1. The Labute approximate surface area is 182 Å². The summed E-state index contributed by atoms with van der Waals surface area (Å²) in [4.78, 5) is 30.3. The van der Waals surface area contributed by atoms with Crippen LogP contribution in [0.4, 0.5) is 0 Å². The van der Waals surface area contributed by atoms with E-state index >= 15 is 0 Å². The highest BCUT2D eigenvalue weighted by molar-refractivity contribution is 5.95. The van der Waals surface area contributed by atoms with Crippen LogP contribution in [-0.4, -0.2) is 47.9 Å². The Morgan fingerprint density at radius 2 is 1.65 bits per heavy atom. The lowest BCUT2D eigenvalue weighted by molar-refractivity contribution is 0.0590. The molecule has 0 bridgehead atoms. The van der Waals surface area contributed by atoms with E-state index in [1.54, 1.807) is 6.07 Å². The normalized spacial score (nSPS) is 18.4. The third-order valence-corrected chi connectivity index (χ3v) is 6.72. The maximum atomic E-state index is 13.2. The Bertz CT molecular complexity index is 1140. The second-order valence-electron chi connectivity index (χ2n) is 8.69. The predicted octanol–water partition coefficient (Wildman–Crippen LogP) is 4.55. The topological polar surface area (TPSA) is 53.8 Å². The van der Waals surface area contributed by atoms with Crippen LogP contribution in [0.3, 0.4) is 0 Å². The minimum Gasteiger partial charge on any atom is -0.422 e. The van der Waals surface area contributed by atoms with Gasteiger partial charge in [0.25, 0.3) is 5.91 Å². The molecule has 5 nitrogen and oxygen atoms in total. The van der Waals surface area contributed by atoms with Crippen molar-refractivity contribution in [1.29, 1.82) is 0 Å². The van der Waals surface area contributed by atoms with Crippen molar-refractivity contribution in [3.8, 4) is 11.1 Å².